The highest BCUT2D eigenvalue weighted by Gasteiger charge is 2.15. The van der Waals surface area contributed by atoms with E-state index in [0.717, 1.165) is 18.2 Å². The zero-order valence-corrected chi connectivity index (χ0v) is 9.43. The summed E-state index contributed by atoms with van der Waals surface area (Å²) in [6.45, 7) is -0.102. The molecule has 0 spiro atoms. The molecule has 0 unspecified atom stereocenters. The number of halogens is 3. The molecule has 0 amide bonds. The predicted octanol–water partition coefficient (Wildman–Crippen LogP) is 2.54. The third-order valence-electron chi connectivity index (χ3n) is 2.24. The Morgan fingerprint density at radius 3 is 2.82 bits per heavy atom. The lowest BCUT2D eigenvalue weighted by molar-refractivity contribution is 0.297. The first-order valence-corrected chi connectivity index (χ1v) is 5.30. The van der Waals surface area contributed by atoms with E-state index in [9.17, 15) is 8.78 Å². The monoisotopic (exact) mass is 258 g/mol. The van der Waals surface area contributed by atoms with Crippen molar-refractivity contribution in [2.45, 2.75) is 6.42 Å². The van der Waals surface area contributed by atoms with Gasteiger partial charge >= 0.3 is 0 Å². The Morgan fingerprint density at radius 1 is 1.35 bits per heavy atom. The van der Waals surface area contributed by atoms with Gasteiger partial charge in [-0.2, -0.15) is 0 Å². The van der Waals surface area contributed by atoms with Crippen molar-refractivity contribution < 1.29 is 13.9 Å². The molecule has 0 saturated heterocycles. The number of aromatic amines is 1. The Bertz CT molecular complexity index is 542. The molecule has 1 aromatic carbocycles. The van der Waals surface area contributed by atoms with E-state index in [1.54, 1.807) is 0 Å². The standard InChI is InChI=1S/C11H9ClF2N2O/c12-11-10(15-9(16-11)3-4-17)7-5-6(13)1-2-8(7)14/h1-2,5,17H,3-4H2,(H,15,16). The number of nitrogens with one attached hydrogen (secondary N) is 1. The van der Waals surface area contributed by atoms with Crippen LogP contribution in [-0.4, -0.2) is 21.7 Å². The summed E-state index contributed by atoms with van der Waals surface area (Å²) >= 11 is 5.85. The van der Waals surface area contributed by atoms with Crippen LogP contribution in [0.1, 0.15) is 5.82 Å². The number of aliphatic hydroxyl groups excluding tert-OH is 1. The number of aromatic nitrogens is 2. The fraction of sp³-hybridized carbons (Fsp3) is 0.182. The Kier molecular flexibility index (Phi) is 3.40. The van der Waals surface area contributed by atoms with Crippen molar-refractivity contribution in [1.29, 1.82) is 0 Å². The van der Waals surface area contributed by atoms with Crippen molar-refractivity contribution in [2.24, 2.45) is 0 Å². The molecule has 0 fully saturated rings. The fourth-order valence-corrected chi connectivity index (χ4v) is 1.73. The number of benzene rings is 1. The molecule has 90 valence electrons. The lowest BCUT2D eigenvalue weighted by Gasteiger charge is -1.99. The van der Waals surface area contributed by atoms with Crippen LogP contribution in [0, 0.1) is 11.6 Å². The van der Waals surface area contributed by atoms with Gasteiger partial charge in [-0.15, -0.1) is 0 Å². The highest BCUT2D eigenvalue weighted by molar-refractivity contribution is 6.31. The smallest absolute Gasteiger partial charge is 0.134 e. The average molecular weight is 259 g/mol. The van der Waals surface area contributed by atoms with Gasteiger partial charge < -0.3 is 10.1 Å². The lowest BCUT2D eigenvalue weighted by Crippen LogP contribution is -1.93. The normalized spacial score (nSPS) is 10.8. The molecule has 0 radical (unpaired) electrons. The van der Waals surface area contributed by atoms with Crippen molar-refractivity contribution >= 4 is 11.6 Å². The molecule has 0 bridgehead atoms. The van der Waals surface area contributed by atoms with Crippen LogP contribution in [-0.2, 0) is 6.42 Å². The van der Waals surface area contributed by atoms with Crippen LogP contribution in [0.2, 0.25) is 5.15 Å². The molecule has 1 aromatic heterocycles. The SMILES string of the molecule is OCCc1nc(-c2cc(F)ccc2F)c(Cl)[nH]1. The Morgan fingerprint density at radius 2 is 2.12 bits per heavy atom. The molecule has 0 atom stereocenters. The average Bonchev–Trinajstić information content (AvgIpc) is 2.64. The number of aliphatic hydroxyl groups is 1. The molecular formula is C11H9ClF2N2O. The van der Waals surface area contributed by atoms with Crippen LogP contribution in [0.3, 0.4) is 0 Å². The molecule has 2 rings (SSSR count). The molecule has 2 aromatic rings. The van der Waals surface area contributed by atoms with Gasteiger partial charge in [0.1, 0.15) is 28.3 Å². The molecule has 3 nitrogen and oxygen atoms in total. The number of hydrogen-bond acceptors (Lipinski definition) is 2. The number of nitrogens with zero attached hydrogens (tertiary/aromatic N) is 1. The molecule has 2 N–H and O–H groups in total. The van der Waals surface area contributed by atoms with Gasteiger partial charge in [0.2, 0.25) is 0 Å². The fourth-order valence-electron chi connectivity index (χ4n) is 1.48. The Hall–Kier alpha value is -1.46. The first kappa shape index (κ1) is 12.0. The number of hydrogen-bond donors (Lipinski definition) is 2. The molecule has 6 heteroatoms. The van der Waals surface area contributed by atoms with Gasteiger partial charge in [-0.05, 0) is 18.2 Å². The zero-order chi connectivity index (χ0) is 12.4. The second kappa shape index (κ2) is 4.81. The van der Waals surface area contributed by atoms with Gasteiger partial charge in [-0.1, -0.05) is 11.6 Å². The van der Waals surface area contributed by atoms with E-state index < -0.39 is 11.6 Å². The highest BCUT2D eigenvalue weighted by Crippen LogP contribution is 2.28. The second-order valence-electron chi connectivity index (χ2n) is 3.44. The molecule has 0 aliphatic carbocycles. The van der Waals surface area contributed by atoms with E-state index in [4.69, 9.17) is 16.7 Å². The van der Waals surface area contributed by atoms with Gasteiger partial charge in [-0.3, -0.25) is 0 Å². The number of H-pyrrole nitrogens is 1. The molecule has 1 heterocycles. The molecule has 17 heavy (non-hydrogen) atoms. The molecular weight excluding hydrogens is 250 g/mol. The third-order valence-corrected chi connectivity index (χ3v) is 2.51. The van der Waals surface area contributed by atoms with Gasteiger partial charge in [0, 0.05) is 12.0 Å². The summed E-state index contributed by atoms with van der Waals surface area (Å²) < 4.78 is 26.5. The molecule has 0 saturated carbocycles. The maximum atomic E-state index is 13.5. The third kappa shape index (κ3) is 2.45. The van der Waals surface area contributed by atoms with E-state index in [-0.39, 0.29) is 29.4 Å². The summed E-state index contributed by atoms with van der Waals surface area (Å²) in [6.07, 6.45) is 0.274. The van der Waals surface area contributed by atoms with E-state index >= 15 is 0 Å². The molecule has 0 aliphatic rings. The lowest BCUT2D eigenvalue weighted by atomic mass is 10.1. The van der Waals surface area contributed by atoms with E-state index in [0.29, 0.717) is 5.82 Å². The minimum Gasteiger partial charge on any atom is -0.396 e. The summed E-state index contributed by atoms with van der Waals surface area (Å²) in [4.78, 5) is 6.71. The van der Waals surface area contributed by atoms with Crippen molar-refractivity contribution in [3.63, 3.8) is 0 Å². The van der Waals surface area contributed by atoms with Gasteiger partial charge in [0.05, 0.1) is 6.61 Å². The highest BCUT2D eigenvalue weighted by atomic mass is 35.5. The first-order valence-electron chi connectivity index (χ1n) is 4.92. The van der Waals surface area contributed by atoms with Crippen LogP contribution >= 0.6 is 11.6 Å². The van der Waals surface area contributed by atoms with Crippen LogP contribution in [0.15, 0.2) is 18.2 Å². The summed E-state index contributed by atoms with van der Waals surface area (Å²) in [7, 11) is 0. The van der Waals surface area contributed by atoms with Crippen molar-refractivity contribution in [1.82, 2.24) is 9.97 Å². The topological polar surface area (TPSA) is 48.9 Å². The van der Waals surface area contributed by atoms with Crippen LogP contribution in [0.4, 0.5) is 8.78 Å². The minimum atomic E-state index is -0.602. The quantitative estimate of drug-likeness (QED) is 0.889. The Labute approximate surface area is 101 Å². The van der Waals surface area contributed by atoms with E-state index in [1.807, 2.05) is 0 Å². The summed E-state index contributed by atoms with van der Waals surface area (Å²) in [5, 5.41) is 8.88. The van der Waals surface area contributed by atoms with E-state index in [2.05, 4.69) is 9.97 Å². The number of imidazole rings is 1. The van der Waals surface area contributed by atoms with Crippen LogP contribution < -0.4 is 0 Å². The van der Waals surface area contributed by atoms with Crippen molar-refractivity contribution in [2.75, 3.05) is 6.61 Å². The molecule has 0 aliphatic heterocycles. The summed E-state index contributed by atoms with van der Waals surface area (Å²) in [5.41, 5.74) is 0.141. The minimum absolute atomic E-state index is 0.00422. The summed E-state index contributed by atoms with van der Waals surface area (Å²) in [6, 6.07) is 3.07. The first-order chi connectivity index (χ1) is 8.11. The predicted molar refractivity (Wildman–Crippen MR) is 59.7 cm³/mol. The largest absolute Gasteiger partial charge is 0.396 e. The van der Waals surface area contributed by atoms with Crippen molar-refractivity contribution in [3.8, 4) is 11.3 Å². The van der Waals surface area contributed by atoms with Gasteiger partial charge in [0.15, 0.2) is 0 Å². The van der Waals surface area contributed by atoms with E-state index in [1.165, 1.54) is 0 Å². The Balaban J connectivity index is 2.48. The zero-order valence-electron chi connectivity index (χ0n) is 8.67. The maximum Gasteiger partial charge on any atom is 0.134 e. The van der Waals surface area contributed by atoms with Gasteiger partial charge in [0.25, 0.3) is 0 Å². The van der Waals surface area contributed by atoms with Crippen LogP contribution in [0.5, 0.6) is 0 Å². The van der Waals surface area contributed by atoms with Crippen molar-refractivity contribution in [3.05, 3.63) is 40.8 Å². The van der Waals surface area contributed by atoms with Gasteiger partial charge in [-0.25, -0.2) is 13.8 Å². The number of rotatable bonds is 3. The summed E-state index contributed by atoms with van der Waals surface area (Å²) in [5.74, 6) is -0.740. The maximum absolute atomic E-state index is 13.5. The van der Waals surface area contributed by atoms with Crippen LogP contribution in [0.25, 0.3) is 11.3 Å². The second-order valence-corrected chi connectivity index (χ2v) is 3.82.